The van der Waals surface area contributed by atoms with E-state index in [1.165, 1.54) is 23.1 Å². The molecule has 0 spiro atoms. The van der Waals surface area contributed by atoms with Crippen molar-refractivity contribution in [3.05, 3.63) is 41.5 Å². The minimum atomic E-state index is -4.71. The van der Waals surface area contributed by atoms with Gasteiger partial charge in [0, 0.05) is 6.54 Å². The van der Waals surface area contributed by atoms with Gasteiger partial charge in [-0.2, -0.15) is 22.5 Å². The average molecular weight is 361 g/mol. The second-order valence-corrected chi connectivity index (χ2v) is 5.02. The standard InChI is InChI=1S/C15H15F4N3O3/c1-3-22(8-12-20-9(2)21-25-12)13(23)10-6-4-5-7-11(10)24-15(18,19)14(16)17/h4-7,14H,3,8H2,1-2H3. The maximum absolute atomic E-state index is 13.2. The van der Waals surface area contributed by atoms with Crippen molar-refractivity contribution in [2.75, 3.05) is 6.54 Å². The summed E-state index contributed by atoms with van der Waals surface area (Å²) in [6.45, 7) is 3.38. The Morgan fingerprint density at radius 2 is 2.04 bits per heavy atom. The topological polar surface area (TPSA) is 68.5 Å². The van der Waals surface area contributed by atoms with Gasteiger partial charge in [0.1, 0.15) is 12.3 Å². The summed E-state index contributed by atoms with van der Waals surface area (Å²) in [5, 5.41) is 3.59. The van der Waals surface area contributed by atoms with E-state index in [0.29, 0.717) is 5.82 Å². The van der Waals surface area contributed by atoms with E-state index in [-0.39, 0.29) is 24.5 Å². The van der Waals surface area contributed by atoms with Crippen LogP contribution in [0.1, 0.15) is 29.0 Å². The van der Waals surface area contributed by atoms with Crippen LogP contribution in [0.4, 0.5) is 17.6 Å². The summed E-state index contributed by atoms with van der Waals surface area (Å²) in [4.78, 5) is 17.8. The van der Waals surface area contributed by atoms with E-state index in [4.69, 9.17) is 4.52 Å². The summed E-state index contributed by atoms with van der Waals surface area (Å²) in [6, 6.07) is 4.94. The Labute approximate surface area is 140 Å². The van der Waals surface area contributed by atoms with Gasteiger partial charge in [-0.3, -0.25) is 4.79 Å². The molecule has 0 fully saturated rings. The quantitative estimate of drug-likeness (QED) is 0.708. The normalized spacial score (nSPS) is 11.6. The lowest BCUT2D eigenvalue weighted by atomic mass is 10.1. The molecule has 25 heavy (non-hydrogen) atoms. The Kier molecular flexibility index (Phi) is 5.60. The predicted molar refractivity (Wildman–Crippen MR) is 77.5 cm³/mol. The highest BCUT2D eigenvalue weighted by molar-refractivity contribution is 5.96. The molecule has 0 radical (unpaired) electrons. The van der Waals surface area contributed by atoms with E-state index in [1.807, 2.05) is 0 Å². The van der Waals surface area contributed by atoms with Crippen molar-refractivity contribution in [2.45, 2.75) is 32.9 Å². The number of halogens is 4. The van der Waals surface area contributed by atoms with Crippen molar-refractivity contribution in [3.8, 4) is 5.75 Å². The first kappa shape index (κ1) is 18.7. The van der Waals surface area contributed by atoms with Gasteiger partial charge in [-0.1, -0.05) is 17.3 Å². The highest BCUT2D eigenvalue weighted by Gasteiger charge is 2.44. The zero-order valence-corrected chi connectivity index (χ0v) is 13.4. The van der Waals surface area contributed by atoms with E-state index in [0.717, 1.165) is 6.07 Å². The number of carbonyl (C=O) groups excluding carboxylic acids is 1. The molecule has 0 N–H and O–H groups in total. The first-order valence-electron chi connectivity index (χ1n) is 7.27. The van der Waals surface area contributed by atoms with Crippen LogP contribution in [0.25, 0.3) is 0 Å². The molecule has 0 bridgehead atoms. The lowest BCUT2D eigenvalue weighted by molar-refractivity contribution is -0.253. The molecule has 1 aromatic carbocycles. The second-order valence-electron chi connectivity index (χ2n) is 5.02. The zero-order chi connectivity index (χ0) is 18.6. The number of para-hydroxylation sites is 1. The van der Waals surface area contributed by atoms with Gasteiger partial charge < -0.3 is 14.2 Å². The molecule has 10 heteroatoms. The fourth-order valence-electron chi connectivity index (χ4n) is 1.99. The Morgan fingerprint density at radius 1 is 1.36 bits per heavy atom. The van der Waals surface area contributed by atoms with Gasteiger partial charge in [-0.25, -0.2) is 0 Å². The third-order valence-corrected chi connectivity index (χ3v) is 3.18. The van der Waals surface area contributed by atoms with Crippen molar-refractivity contribution in [2.24, 2.45) is 0 Å². The molecule has 2 rings (SSSR count). The van der Waals surface area contributed by atoms with E-state index in [2.05, 4.69) is 14.9 Å². The van der Waals surface area contributed by atoms with Crippen molar-refractivity contribution in [1.82, 2.24) is 15.0 Å². The van der Waals surface area contributed by atoms with Crippen LogP contribution in [0.3, 0.4) is 0 Å². The number of hydrogen-bond donors (Lipinski definition) is 0. The lowest BCUT2D eigenvalue weighted by Gasteiger charge is -2.22. The number of aromatic nitrogens is 2. The number of hydrogen-bond acceptors (Lipinski definition) is 5. The predicted octanol–water partition coefficient (Wildman–Crippen LogP) is 3.28. The SMILES string of the molecule is CCN(Cc1nc(C)no1)C(=O)c1ccccc1OC(F)(F)C(F)F. The summed E-state index contributed by atoms with van der Waals surface area (Å²) < 4.78 is 60.1. The molecule has 0 aliphatic carbocycles. The number of amides is 1. The second kappa shape index (κ2) is 7.49. The molecular weight excluding hydrogens is 346 g/mol. The van der Waals surface area contributed by atoms with E-state index in [9.17, 15) is 22.4 Å². The summed E-state index contributed by atoms with van der Waals surface area (Å²) in [7, 11) is 0. The van der Waals surface area contributed by atoms with Gasteiger partial charge in [-0.05, 0) is 26.0 Å². The Bertz CT molecular complexity index is 736. The first-order valence-corrected chi connectivity index (χ1v) is 7.27. The first-order chi connectivity index (χ1) is 11.7. The van der Waals surface area contributed by atoms with Crippen LogP contribution in [-0.2, 0) is 6.54 Å². The molecule has 0 atom stereocenters. The van der Waals surface area contributed by atoms with Gasteiger partial charge in [0.05, 0.1) is 5.56 Å². The molecule has 0 aliphatic rings. The molecule has 1 aromatic heterocycles. The molecule has 0 aliphatic heterocycles. The molecule has 0 saturated heterocycles. The summed E-state index contributed by atoms with van der Waals surface area (Å²) >= 11 is 0. The molecule has 1 heterocycles. The van der Waals surface area contributed by atoms with Crippen LogP contribution in [0, 0.1) is 6.92 Å². The van der Waals surface area contributed by atoms with Crippen LogP contribution >= 0.6 is 0 Å². The van der Waals surface area contributed by atoms with Gasteiger partial charge >= 0.3 is 12.5 Å². The Hall–Kier alpha value is -2.65. The minimum absolute atomic E-state index is 0.0598. The monoisotopic (exact) mass is 361 g/mol. The van der Waals surface area contributed by atoms with Crippen molar-refractivity contribution >= 4 is 5.91 Å². The molecule has 136 valence electrons. The molecule has 0 saturated carbocycles. The molecule has 0 unspecified atom stereocenters. The molecule has 2 aromatic rings. The number of carbonyl (C=O) groups is 1. The number of alkyl halides is 4. The number of nitrogens with zero attached hydrogens (tertiary/aromatic N) is 3. The minimum Gasteiger partial charge on any atom is -0.427 e. The summed E-state index contributed by atoms with van der Waals surface area (Å²) in [6.07, 6.45) is -8.74. The van der Waals surface area contributed by atoms with Gasteiger partial charge in [-0.15, -0.1) is 0 Å². The maximum Gasteiger partial charge on any atom is 0.461 e. The highest BCUT2D eigenvalue weighted by Crippen LogP contribution is 2.30. The van der Waals surface area contributed by atoms with Gasteiger partial charge in [0.2, 0.25) is 5.89 Å². The maximum atomic E-state index is 13.2. The van der Waals surface area contributed by atoms with Crippen LogP contribution < -0.4 is 4.74 Å². The fraction of sp³-hybridized carbons (Fsp3) is 0.400. The summed E-state index contributed by atoms with van der Waals surface area (Å²) in [5.74, 6) is -0.806. The van der Waals surface area contributed by atoms with Crippen molar-refractivity contribution in [1.29, 1.82) is 0 Å². The number of ether oxygens (including phenoxy) is 1. The molecule has 6 nitrogen and oxygen atoms in total. The largest absolute Gasteiger partial charge is 0.461 e. The fourth-order valence-corrected chi connectivity index (χ4v) is 1.99. The van der Waals surface area contributed by atoms with E-state index >= 15 is 0 Å². The smallest absolute Gasteiger partial charge is 0.427 e. The van der Waals surface area contributed by atoms with Crippen LogP contribution in [0.5, 0.6) is 5.75 Å². The molecular formula is C15H15F4N3O3. The third kappa shape index (κ3) is 4.46. The van der Waals surface area contributed by atoms with Crippen molar-refractivity contribution in [3.63, 3.8) is 0 Å². The number of aryl methyl sites for hydroxylation is 1. The highest BCUT2D eigenvalue weighted by atomic mass is 19.3. The van der Waals surface area contributed by atoms with Crippen LogP contribution in [0.2, 0.25) is 0 Å². The third-order valence-electron chi connectivity index (χ3n) is 3.18. The number of rotatable bonds is 7. The zero-order valence-electron chi connectivity index (χ0n) is 13.4. The average Bonchev–Trinajstić information content (AvgIpc) is 2.97. The Morgan fingerprint density at radius 3 is 2.60 bits per heavy atom. The van der Waals surface area contributed by atoms with Crippen molar-refractivity contribution < 1.29 is 31.6 Å². The van der Waals surface area contributed by atoms with Gasteiger partial charge in [0.15, 0.2) is 5.82 Å². The summed E-state index contributed by atoms with van der Waals surface area (Å²) in [5.41, 5.74) is -0.277. The molecule has 1 amide bonds. The Balaban J connectivity index is 2.25. The number of benzene rings is 1. The van der Waals surface area contributed by atoms with Crippen LogP contribution in [-0.4, -0.2) is 40.0 Å². The van der Waals surface area contributed by atoms with E-state index < -0.39 is 24.2 Å². The van der Waals surface area contributed by atoms with Crippen LogP contribution in [0.15, 0.2) is 28.8 Å². The lowest BCUT2D eigenvalue weighted by Crippen LogP contribution is -2.35. The van der Waals surface area contributed by atoms with Gasteiger partial charge in [0.25, 0.3) is 5.91 Å². The van der Waals surface area contributed by atoms with E-state index in [1.54, 1.807) is 13.8 Å².